The van der Waals surface area contributed by atoms with E-state index in [0.717, 1.165) is 39.7 Å². The molecule has 0 amide bonds. The molecule has 2 heterocycles. The quantitative estimate of drug-likeness (QED) is 0.849. The van der Waals surface area contributed by atoms with Crippen LogP contribution in [0.2, 0.25) is 5.02 Å². The smallest absolute Gasteiger partial charge is 0.128 e. The fourth-order valence-corrected chi connectivity index (χ4v) is 3.09. The van der Waals surface area contributed by atoms with Crippen molar-refractivity contribution in [3.8, 4) is 0 Å². The van der Waals surface area contributed by atoms with Crippen LogP contribution in [0.3, 0.4) is 0 Å². The molecule has 1 N–H and O–H groups in total. The summed E-state index contributed by atoms with van der Waals surface area (Å²) in [6.45, 7) is 2.92. The van der Waals surface area contributed by atoms with E-state index in [4.69, 9.17) is 11.6 Å². The third-order valence-corrected chi connectivity index (χ3v) is 4.53. The fourth-order valence-electron chi connectivity index (χ4n) is 2.50. The van der Waals surface area contributed by atoms with Crippen molar-refractivity contribution in [2.24, 2.45) is 0 Å². The first-order chi connectivity index (χ1) is 10.2. The second-order valence-corrected chi connectivity index (χ2v) is 6.51. The Labute approximate surface area is 138 Å². The monoisotopic (exact) mass is 365 g/mol. The topological polar surface area (TPSA) is 28.2 Å². The maximum atomic E-state index is 6.19. The summed E-state index contributed by atoms with van der Waals surface area (Å²) < 4.78 is 1.03. The first-order valence-corrected chi connectivity index (χ1v) is 8.28. The van der Waals surface area contributed by atoms with Crippen molar-refractivity contribution < 1.29 is 0 Å². The number of benzene rings is 1. The summed E-state index contributed by atoms with van der Waals surface area (Å²) in [5.41, 5.74) is 2.07. The van der Waals surface area contributed by atoms with E-state index >= 15 is 0 Å². The van der Waals surface area contributed by atoms with Crippen molar-refractivity contribution in [2.45, 2.75) is 19.4 Å². The van der Waals surface area contributed by atoms with Crippen LogP contribution in [0.1, 0.15) is 18.4 Å². The van der Waals surface area contributed by atoms with Gasteiger partial charge in [0.25, 0.3) is 0 Å². The SMILES string of the molecule is Clc1ccc(Br)cc1CNc1ccc(N2CCCC2)nc1. The summed E-state index contributed by atoms with van der Waals surface area (Å²) in [5, 5.41) is 4.13. The molecule has 3 nitrogen and oxygen atoms in total. The summed E-state index contributed by atoms with van der Waals surface area (Å²) in [5.74, 6) is 1.07. The minimum absolute atomic E-state index is 0.684. The Balaban J connectivity index is 1.64. The highest BCUT2D eigenvalue weighted by Gasteiger charge is 2.12. The molecule has 110 valence electrons. The predicted molar refractivity (Wildman–Crippen MR) is 92.2 cm³/mol. The Hall–Kier alpha value is -1.26. The van der Waals surface area contributed by atoms with Gasteiger partial charge >= 0.3 is 0 Å². The molecule has 1 aliphatic heterocycles. The Morgan fingerprint density at radius 1 is 1.19 bits per heavy atom. The first-order valence-electron chi connectivity index (χ1n) is 7.11. The first kappa shape index (κ1) is 14.7. The molecular weight excluding hydrogens is 350 g/mol. The van der Waals surface area contributed by atoms with Crippen molar-refractivity contribution in [3.05, 3.63) is 51.6 Å². The maximum absolute atomic E-state index is 6.19. The molecule has 1 aromatic heterocycles. The van der Waals surface area contributed by atoms with Crippen molar-refractivity contribution >= 4 is 39.0 Å². The van der Waals surface area contributed by atoms with Gasteiger partial charge < -0.3 is 10.2 Å². The van der Waals surface area contributed by atoms with Gasteiger partial charge in [-0.1, -0.05) is 27.5 Å². The van der Waals surface area contributed by atoms with E-state index in [1.807, 2.05) is 24.4 Å². The second kappa shape index (κ2) is 6.67. The highest BCUT2D eigenvalue weighted by molar-refractivity contribution is 9.10. The third-order valence-electron chi connectivity index (χ3n) is 3.67. The summed E-state index contributed by atoms with van der Waals surface area (Å²) in [7, 11) is 0. The average Bonchev–Trinajstić information content (AvgIpc) is 3.03. The van der Waals surface area contributed by atoms with Gasteiger partial charge in [0.2, 0.25) is 0 Å². The van der Waals surface area contributed by atoms with Gasteiger partial charge in [-0.05, 0) is 48.7 Å². The normalized spacial score (nSPS) is 14.5. The van der Waals surface area contributed by atoms with Crippen LogP contribution in [0.25, 0.3) is 0 Å². The van der Waals surface area contributed by atoms with Crippen LogP contribution < -0.4 is 10.2 Å². The van der Waals surface area contributed by atoms with E-state index < -0.39 is 0 Å². The van der Waals surface area contributed by atoms with Gasteiger partial charge in [0.05, 0.1) is 11.9 Å². The molecular formula is C16H17BrClN3. The lowest BCUT2D eigenvalue weighted by atomic mass is 10.2. The van der Waals surface area contributed by atoms with Crippen molar-refractivity contribution in [1.82, 2.24) is 4.98 Å². The maximum Gasteiger partial charge on any atom is 0.128 e. The summed E-state index contributed by atoms with van der Waals surface area (Å²) in [6, 6.07) is 10.0. The number of anilines is 2. The zero-order valence-electron chi connectivity index (χ0n) is 11.6. The Kier molecular flexibility index (Phi) is 4.66. The molecule has 0 unspecified atom stereocenters. The molecule has 0 radical (unpaired) electrons. The number of nitrogens with zero attached hydrogens (tertiary/aromatic N) is 2. The van der Waals surface area contributed by atoms with Crippen LogP contribution in [0, 0.1) is 0 Å². The molecule has 1 aliphatic rings. The predicted octanol–water partition coefficient (Wildman–Crippen LogP) is 4.71. The number of rotatable bonds is 4. The molecule has 0 bridgehead atoms. The second-order valence-electron chi connectivity index (χ2n) is 5.19. The number of aromatic nitrogens is 1. The van der Waals surface area contributed by atoms with Crippen LogP contribution in [0.15, 0.2) is 41.0 Å². The highest BCUT2D eigenvalue weighted by atomic mass is 79.9. The number of halogens is 2. The van der Waals surface area contributed by atoms with Crippen molar-refractivity contribution in [3.63, 3.8) is 0 Å². The number of hydrogen-bond acceptors (Lipinski definition) is 3. The molecule has 1 aromatic carbocycles. The van der Waals surface area contributed by atoms with Gasteiger partial charge in [-0.2, -0.15) is 0 Å². The van der Waals surface area contributed by atoms with E-state index in [9.17, 15) is 0 Å². The van der Waals surface area contributed by atoms with Gasteiger partial charge in [0.1, 0.15) is 5.82 Å². The van der Waals surface area contributed by atoms with Gasteiger partial charge in [0, 0.05) is 29.1 Å². The Bertz CT molecular complexity index is 609. The largest absolute Gasteiger partial charge is 0.380 e. The zero-order chi connectivity index (χ0) is 14.7. The molecule has 0 saturated carbocycles. The van der Waals surface area contributed by atoms with E-state index in [0.29, 0.717) is 6.54 Å². The highest BCUT2D eigenvalue weighted by Crippen LogP contribution is 2.23. The minimum atomic E-state index is 0.684. The summed E-state index contributed by atoms with van der Waals surface area (Å²) in [4.78, 5) is 6.86. The lowest BCUT2D eigenvalue weighted by Gasteiger charge is -2.16. The van der Waals surface area contributed by atoms with Crippen LogP contribution in [-0.2, 0) is 6.54 Å². The van der Waals surface area contributed by atoms with Gasteiger partial charge in [-0.15, -0.1) is 0 Å². The molecule has 0 aliphatic carbocycles. The molecule has 1 fully saturated rings. The zero-order valence-corrected chi connectivity index (χ0v) is 14.0. The molecule has 2 aromatic rings. The third kappa shape index (κ3) is 3.69. The molecule has 21 heavy (non-hydrogen) atoms. The van der Waals surface area contributed by atoms with Crippen LogP contribution in [0.4, 0.5) is 11.5 Å². The summed E-state index contributed by atoms with van der Waals surface area (Å²) in [6.07, 6.45) is 4.42. The number of pyridine rings is 1. The van der Waals surface area contributed by atoms with Crippen molar-refractivity contribution in [1.29, 1.82) is 0 Å². The standard InChI is InChI=1S/C16H17BrClN3/c17-13-3-5-15(18)12(9-13)10-19-14-4-6-16(20-11-14)21-7-1-2-8-21/h3-6,9,11,19H,1-2,7-8,10H2. The number of hydrogen-bond donors (Lipinski definition) is 1. The minimum Gasteiger partial charge on any atom is -0.380 e. The Morgan fingerprint density at radius 2 is 2.00 bits per heavy atom. The fraction of sp³-hybridized carbons (Fsp3) is 0.312. The molecule has 3 rings (SSSR count). The van der Waals surface area contributed by atoms with Gasteiger partial charge in [-0.25, -0.2) is 4.98 Å². The van der Waals surface area contributed by atoms with Crippen molar-refractivity contribution in [2.75, 3.05) is 23.3 Å². The van der Waals surface area contributed by atoms with E-state index in [-0.39, 0.29) is 0 Å². The van der Waals surface area contributed by atoms with Crippen LogP contribution in [0.5, 0.6) is 0 Å². The molecule has 1 saturated heterocycles. The average molecular weight is 367 g/mol. The van der Waals surface area contributed by atoms with E-state index in [2.05, 4.69) is 43.3 Å². The van der Waals surface area contributed by atoms with E-state index in [1.165, 1.54) is 12.8 Å². The Morgan fingerprint density at radius 3 is 2.71 bits per heavy atom. The van der Waals surface area contributed by atoms with Gasteiger partial charge in [-0.3, -0.25) is 0 Å². The van der Waals surface area contributed by atoms with E-state index in [1.54, 1.807) is 0 Å². The molecule has 5 heteroatoms. The molecule has 0 atom stereocenters. The van der Waals surface area contributed by atoms with Crippen LogP contribution >= 0.6 is 27.5 Å². The lowest BCUT2D eigenvalue weighted by molar-refractivity contribution is 0.937. The van der Waals surface area contributed by atoms with Crippen LogP contribution in [-0.4, -0.2) is 18.1 Å². The molecule has 0 spiro atoms. The lowest BCUT2D eigenvalue weighted by Crippen LogP contribution is -2.18. The summed E-state index contributed by atoms with van der Waals surface area (Å²) >= 11 is 9.66. The van der Waals surface area contributed by atoms with Gasteiger partial charge in [0.15, 0.2) is 0 Å². The number of nitrogens with one attached hydrogen (secondary N) is 1.